The molecule has 1 saturated heterocycles. The second kappa shape index (κ2) is 6.27. The van der Waals surface area contributed by atoms with Crippen LogP contribution in [0.15, 0.2) is 29.2 Å². The molecule has 0 amide bonds. The number of nitrogens with zero attached hydrogens (tertiary/aromatic N) is 1. The number of likely N-dealkylation sites (tertiary alicyclic amines) is 1. The normalized spacial score (nSPS) is 23.4. The molecule has 1 N–H and O–H groups in total. The SMILES string of the molecule is CC1CN(Cc2ccc(SC(F)(F)F)cc2)CC1C(=O)O. The predicted molar refractivity (Wildman–Crippen MR) is 73.9 cm³/mol. The maximum atomic E-state index is 12.2. The van der Waals surface area contributed by atoms with Crippen LogP contribution in [0.4, 0.5) is 13.2 Å². The molecule has 0 radical (unpaired) electrons. The Kier molecular flexibility index (Phi) is 4.83. The van der Waals surface area contributed by atoms with Crippen molar-refractivity contribution in [3.8, 4) is 0 Å². The van der Waals surface area contributed by atoms with Gasteiger partial charge in [-0.2, -0.15) is 13.2 Å². The zero-order chi connectivity index (χ0) is 15.6. The second-order valence-corrected chi connectivity index (χ2v) is 6.45. The summed E-state index contributed by atoms with van der Waals surface area (Å²) in [5.74, 6) is -1.07. The third-order valence-electron chi connectivity index (χ3n) is 3.57. The van der Waals surface area contributed by atoms with Crippen LogP contribution in [0.1, 0.15) is 12.5 Å². The van der Waals surface area contributed by atoms with E-state index in [1.54, 1.807) is 12.1 Å². The summed E-state index contributed by atoms with van der Waals surface area (Å²) in [4.78, 5) is 13.2. The molecule has 1 fully saturated rings. The molecule has 7 heteroatoms. The molecule has 3 nitrogen and oxygen atoms in total. The van der Waals surface area contributed by atoms with Crippen molar-refractivity contribution in [2.45, 2.75) is 23.9 Å². The van der Waals surface area contributed by atoms with E-state index in [0.29, 0.717) is 19.6 Å². The van der Waals surface area contributed by atoms with Crippen LogP contribution in [0.5, 0.6) is 0 Å². The van der Waals surface area contributed by atoms with Gasteiger partial charge in [0, 0.05) is 24.5 Å². The van der Waals surface area contributed by atoms with Crippen LogP contribution < -0.4 is 0 Å². The minimum absolute atomic E-state index is 0.0857. The molecule has 1 aliphatic heterocycles. The zero-order valence-electron chi connectivity index (χ0n) is 11.4. The van der Waals surface area contributed by atoms with Crippen LogP contribution in [0.3, 0.4) is 0 Å². The van der Waals surface area contributed by atoms with E-state index >= 15 is 0 Å². The summed E-state index contributed by atoms with van der Waals surface area (Å²) in [6.45, 7) is 3.64. The number of hydrogen-bond acceptors (Lipinski definition) is 3. The molecule has 2 atom stereocenters. The molecular weight excluding hydrogens is 303 g/mol. The molecule has 0 bridgehead atoms. The van der Waals surface area contributed by atoms with E-state index in [4.69, 9.17) is 5.11 Å². The summed E-state index contributed by atoms with van der Waals surface area (Å²) in [6.07, 6.45) is 0. The Labute approximate surface area is 125 Å². The van der Waals surface area contributed by atoms with Crippen molar-refractivity contribution >= 4 is 17.7 Å². The van der Waals surface area contributed by atoms with Gasteiger partial charge < -0.3 is 5.11 Å². The van der Waals surface area contributed by atoms with Gasteiger partial charge in [-0.25, -0.2) is 0 Å². The molecule has 1 heterocycles. The van der Waals surface area contributed by atoms with Crippen LogP contribution >= 0.6 is 11.8 Å². The zero-order valence-corrected chi connectivity index (χ0v) is 12.2. The van der Waals surface area contributed by atoms with Crippen molar-refractivity contribution in [3.63, 3.8) is 0 Å². The van der Waals surface area contributed by atoms with Gasteiger partial charge >= 0.3 is 11.5 Å². The Morgan fingerprint density at radius 3 is 2.43 bits per heavy atom. The highest BCUT2D eigenvalue weighted by Gasteiger charge is 2.34. The summed E-state index contributed by atoms with van der Waals surface area (Å²) in [7, 11) is 0. The van der Waals surface area contributed by atoms with Gasteiger partial charge in [0.2, 0.25) is 0 Å². The first-order valence-electron chi connectivity index (χ1n) is 6.54. The highest BCUT2D eigenvalue weighted by atomic mass is 32.2. The molecule has 1 aromatic rings. The largest absolute Gasteiger partial charge is 0.481 e. The fourth-order valence-electron chi connectivity index (χ4n) is 2.57. The Bertz CT molecular complexity index is 504. The first-order chi connectivity index (χ1) is 9.74. The highest BCUT2D eigenvalue weighted by Crippen LogP contribution is 2.36. The smallest absolute Gasteiger partial charge is 0.446 e. The number of carboxylic acids is 1. The van der Waals surface area contributed by atoms with Crippen LogP contribution in [-0.4, -0.2) is 34.6 Å². The lowest BCUT2D eigenvalue weighted by Crippen LogP contribution is -2.23. The number of benzene rings is 1. The minimum Gasteiger partial charge on any atom is -0.481 e. The Morgan fingerprint density at radius 2 is 1.95 bits per heavy atom. The van der Waals surface area contributed by atoms with Crippen molar-refractivity contribution in [3.05, 3.63) is 29.8 Å². The molecule has 0 spiro atoms. The monoisotopic (exact) mass is 319 g/mol. The summed E-state index contributed by atoms with van der Waals surface area (Å²) >= 11 is -0.134. The van der Waals surface area contributed by atoms with Gasteiger partial charge in [0.05, 0.1) is 5.92 Å². The van der Waals surface area contributed by atoms with Gasteiger partial charge in [-0.1, -0.05) is 19.1 Å². The van der Waals surface area contributed by atoms with Gasteiger partial charge in [-0.05, 0) is 35.4 Å². The van der Waals surface area contributed by atoms with Crippen molar-refractivity contribution in [1.29, 1.82) is 0 Å². The van der Waals surface area contributed by atoms with Crippen molar-refractivity contribution in [2.75, 3.05) is 13.1 Å². The number of aliphatic carboxylic acids is 1. The molecule has 1 aliphatic rings. The molecule has 1 aromatic carbocycles. The molecule has 2 unspecified atom stereocenters. The molecule has 2 rings (SSSR count). The number of carbonyl (C=O) groups is 1. The summed E-state index contributed by atoms with van der Waals surface area (Å²) in [5, 5.41) is 9.08. The topological polar surface area (TPSA) is 40.5 Å². The fourth-order valence-corrected chi connectivity index (χ4v) is 3.11. The number of rotatable bonds is 4. The van der Waals surface area contributed by atoms with E-state index < -0.39 is 11.5 Å². The Hall–Kier alpha value is -1.21. The van der Waals surface area contributed by atoms with E-state index in [1.165, 1.54) is 12.1 Å². The number of carboxylic acid groups (broad SMARTS) is 1. The van der Waals surface area contributed by atoms with Crippen molar-refractivity contribution in [1.82, 2.24) is 4.90 Å². The third-order valence-corrected chi connectivity index (χ3v) is 4.31. The van der Waals surface area contributed by atoms with Crippen LogP contribution in [-0.2, 0) is 11.3 Å². The molecule has 116 valence electrons. The minimum atomic E-state index is -4.28. The molecule has 21 heavy (non-hydrogen) atoms. The van der Waals surface area contributed by atoms with E-state index in [-0.39, 0.29) is 28.5 Å². The molecule has 0 saturated carbocycles. The number of thioether (sulfide) groups is 1. The van der Waals surface area contributed by atoms with Crippen molar-refractivity contribution < 1.29 is 23.1 Å². The highest BCUT2D eigenvalue weighted by molar-refractivity contribution is 8.00. The fraction of sp³-hybridized carbons (Fsp3) is 0.500. The maximum Gasteiger partial charge on any atom is 0.446 e. The van der Waals surface area contributed by atoms with E-state index in [0.717, 1.165) is 5.56 Å². The first-order valence-corrected chi connectivity index (χ1v) is 7.36. The number of alkyl halides is 3. The third kappa shape index (κ3) is 4.64. The molecular formula is C14H16F3NO2S. The molecule has 0 aliphatic carbocycles. The molecule has 0 aromatic heterocycles. The quantitative estimate of drug-likeness (QED) is 0.863. The number of halogens is 3. The Balaban J connectivity index is 1.94. The van der Waals surface area contributed by atoms with E-state index in [1.807, 2.05) is 11.8 Å². The van der Waals surface area contributed by atoms with Gasteiger partial charge in [0.25, 0.3) is 0 Å². The summed E-state index contributed by atoms with van der Waals surface area (Å²) in [5.41, 5.74) is -3.39. The van der Waals surface area contributed by atoms with Gasteiger partial charge in [-0.15, -0.1) is 0 Å². The second-order valence-electron chi connectivity index (χ2n) is 5.31. The lowest BCUT2D eigenvalue weighted by Gasteiger charge is -2.15. The lowest BCUT2D eigenvalue weighted by atomic mass is 9.99. The van der Waals surface area contributed by atoms with Crippen LogP contribution in [0, 0.1) is 11.8 Å². The maximum absolute atomic E-state index is 12.2. The summed E-state index contributed by atoms with van der Waals surface area (Å²) < 4.78 is 36.7. The van der Waals surface area contributed by atoms with E-state index in [9.17, 15) is 18.0 Å². The van der Waals surface area contributed by atoms with Gasteiger partial charge in [0.1, 0.15) is 0 Å². The average molecular weight is 319 g/mol. The predicted octanol–water partition coefficient (Wildman–Crippen LogP) is 3.45. The Morgan fingerprint density at radius 1 is 1.33 bits per heavy atom. The number of hydrogen-bond donors (Lipinski definition) is 1. The van der Waals surface area contributed by atoms with E-state index in [2.05, 4.69) is 0 Å². The van der Waals surface area contributed by atoms with Crippen LogP contribution in [0.25, 0.3) is 0 Å². The average Bonchev–Trinajstić information content (AvgIpc) is 2.71. The van der Waals surface area contributed by atoms with Gasteiger partial charge in [0.15, 0.2) is 0 Å². The summed E-state index contributed by atoms with van der Waals surface area (Å²) in [6, 6.07) is 6.21. The van der Waals surface area contributed by atoms with Crippen LogP contribution in [0.2, 0.25) is 0 Å². The standard InChI is InChI=1S/C14H16F3NO2S/c1-9-6-18(8-12(9)13(19)20)7-10-2-4-11(5-3-10)21-14(15,16)17/h2-5,9,12H,6-8H2,1H3,(H,19,20). The van der Waals surface area contributed by atoms with Crippen molar-refractivity contribution in [2.24, 2.45) is 11.8 Å². The first kappa shape index (κ1) is 16.2. The lowest BCUT2D eigenvalue weighted by molar-refractivity contribution is -0.142. The van der Waals surface area contributed by atoms with Gasteiger partial charge in [-0.3, -0.25) is 9.69 Å².